The minimum absolute atomic E-state index is 0.247. The molecule has 1 saturated heterocycles. The zero-order chi connectivity index (χ0) is 19.9. The number of halogens is 3. The van der Waals surface area contributed by atoms with Crippen LogP contribution in [0.15, 0.2) is 35.1 Å². The van der Waals surface area contributed by atoms with Crippen LogP contribution in [0.25, 0.3) is 10.9 Å². The van der Waals surface area contributed by atoms with Crippen LogP contribution in [0.4, 0.5) is 23.7 Å². The monoisotopic (exact) mass is 383 g/mol. The summed E-state index contributed by atoms with van der Waals surface area (Å²) in [4.78, 5) is 36.0. The third-order valence-corrected chi connectivity index (χ3v) is 4.72. The molecule has 27 heavy (non-hydrogen) atoms. The molecule has 0 unspecified atom stereocenters. The molecule has 10 heteroatoms. The summed E-state index contributed by atoms with van der Waals surface area (Å²) < 4.78 is 40.5. The molecule has 2 heterocycles. The highest BCUT2D eigenvalue weighted by Gasteiger charge is 2.53. The number of carbonyl (C=O) groups is 2. The molecule has 1 aromatic carbocycles. The van der Waals surface area contributed by atoms with Crippen LogP contribution in [0.3, 0.4) is 0 Å². The predicted molar refractivity (Wildman–Crippen MR) is 90.5 cm³/mol. The second-order valence-corrected chi connectivity index (χ2v) is 6.43. The van der Waals surface area contributed by atoms with Gasteiger partial charge < -0.3 is 19.9 Å². The highest BCUT2D eigenvalue weighted by atomic mass is 19.4. The number of likely N-dealkylation sites (tertiary alicyclic amines) is 1. The van der Waals surface area contributed by atoms with Gasteiger partial charge in [-0.25, -0.2) is 4.79 Å². The molecule has 2 atom stereocenters. The van der Waals surface area contributed by atoms with E-state index < -0.39 is 43.1 Å². The van der Waals surface area contributed by atoms with Crippen molar-refractivity contribution in [3.63, 3.8) is 0 Å². The standard InChI is InChI=1S/C17H16F3N3O4/c1-22-13-6-10(4-2-9(13)3-5-14(22)24)21-16(27)23-7-11(15(25)26)12(8-23)17(18,19)20/h2-6,11-12H,7-8H2,1H3,(H,21,27)(H,25,26)/t11-,12-/m1/s1. The van der Waals surface area contributed by atoms with E-state index in [0.29, 0.717) is 5.52 Å². The molecule has 144 valence electrons. The molecule has 1 aliphatic rings. The number of aromatic nitrogens is 1. The first-order valence-corrected chi connectivity index (χ1v) is 8.03. The molecule has 7 nitrogen and oxygen atoms in total. The number of hydrogen-bond donors (Lipinski definition) is 2. The van der Waals surface area contributed by atoms with Gasteiger partial charge in [-0.1, -0.05) is 6.07 Å². The van der Waals surface area contributed by atoms with Crippen LogP contribution in [0.2, 0.25) is 0 Å². The third kappa shape index (κ3) is 3.60. The number of amides is 2. The number of benzene rings is 1. The number of pyridine rings is 1. The second kappa shape index (κ2) is 6.60. The summed E-state index contributed by atoms with van der Waals surface area (Å²) in [6.45, 7) is -1.25. The summed E-state index contributed by atoms with van der Waals surface area (Å²) in [5, 5.41) is 12.2. The molecule has 2 amide bonds. The number of rotatable bonds is 2. The van der Waals surface area contributed by atoms with Crippen LogP contribution in [0.1, 0.15) is 0 Å². The van der Waals surface area contributed by atoms with Crippen molar-refractivity contribution in [3.05, 3.63) is 40.7 Å². The largest absolute Gasteiger partial charge is 0.481 e. The second-order valence-electron chi connectivity index (χ2n) is 6.43. The zero-order valence-electron chi connectivity index (χ0n) is 14.2. The van der Waals surface area contributed by atoms with E-state index in [1.165, 1.54) is 16.7 Å². The lowest BCUT2D eigenvalue weighted by atomic mass is 9.96. The van der Waals surface area contributed by atoms with Gasteiger partial charge in [-0.2, -0.15) is 13.2 Å². The van der Waals surface area contributed by atoms with E-state index in [9.17, 15) is 27.6 Å². The number of alkyl halides is 3. The Kier molecular flexibility index (Phi) is 4.58. The number of aryl methyl sites for hydroxylation is 1. The number of fused-ring (bicyclic) bond motifs is 1. The van der Waals surface area contributed by atoms with Crippen molar-refractivity contribution in [3.8, 4) is 0 Å². The van der Waals surface area contributed by atoms with Crippen LogP contribution < -0.4 is 10.9 Å². The van der Waals surface area contributed by atoms with E-state index >= 15 is 0 Å². The number of nitrogens with zero attached hydrogens (tertiary/aromatic N) is 2. The van der Waals surface area contributed by atoms with E-state index in [1.807, 2.05) is 0 Å². The first kappa shape index (κ1) is 18.7. The number of urea groups is 1. The molecule has 0 radical (unpaired) electrons. The molecule has 2 aromatic rings. The minimum atomic E-state index is -4.71. The molecule has 0 bridgehead atoms. The van der Waals surface area contributed by atoms with Crippen LogP contribution in [0, 0.1) is 11.8 Å². The van der Waals surface area contributed by atoms with Crippen LogP contribution in [-0.2, 0) is 11.8 Å². The maximum absolute atomic E-state index is 13.0. The minimum Gasteiger partial charge on any atom is -0.481 e. The van der Waals surface area contributed by atoms with Gasteiger partial charge in [0.2, 0.25) is 0 Å². The normalized spacial score (nSPS) is 20.1. The van der Waals surface area contributed by atoms with Crippen LogP contribution in [-0.4, -0.2) is 45.8 Å². The fourth-order valence-electron chi connectivity index (χ4n) is 3.20. The van der Waals surface area contributed by atoms with Crippen molar-refractivity contribution in [2.45, 2.75) is 6.18 Å². The Morgan fingerprint density at radius 2 is 1.85 bits per heavy atom. The molecule has 1 aromatic heterocycles. The molecule has 1 aliphatic heterocycles. The number of carboxylic acid groups (broad SMARTS) is 1. The number of nitrogens with one attached hydrogen (secondary N) is 1. The molecule has 0 spiro atoms. The van der Waals surface area contributed by atoms with Crippen molar-refractivity contribution in [2.75, 3.05) is 18.4 Å². The van der Waals surface area contributed by atoms with Crippen LogP contribution in [0.5, 0.6) is 0 Å². The summed E-state index contributed by atoms with van der Waals surface area (Å²) in [7, 11) is 1.56. The lowest BCUT2D eigenvalue weighted by molar-refractivity contribution is -0.187. The van der Waals surface area contributed by atoms with Crippen molar-refractivity contribution in [1.82, 2.24) is 9.47 Å². The van der Waals surface area contributed by atoms with Gasteiger partial charge in [0.05, 0.1) is 17.4 Å². The molecule has 0 saturated carbocycles. The lowest BCUT2D eigenvalue weighted by Gasteiger charge is -2.19. The first-order chi connectivity index (χ1) is 12.6. The SMILES string of the molecule is Cn1c(=O)ccc2ccc(NC(=O)N3C[C@@H](C(F)(F)F)[C@H](C(=O)O)C3)cc21. The average molecular weight is 383 g/mol. The Hall–Kier alpha value is -3.04. The number of carbonyl (C=O) groups excluding carboxylic acids is 1. The van der Waals surface area contributed by atoms with Crippen molar-refractivity contribution < 1.29 is 27.9 Å². The van der Waals surface area contributed by atoms with Gasteiger partial charge in [-0.05, 0) is 23.6 Å². The predicted octanol–water partition coefficient (Wildman–Crippen LogP) is 2.27. The highest BCUT2D eigenvalue weighted by molar-refractivity contribution is 5.93. The van der Waals surface area contributed by atoms with Crippen molar-refractivity contribution >= 4 is 28.6 Å². The number of aliphatic carboxylic acids is 1. The van der Waals surface area contributed by atoms with Crippen LogP contribution >= 0.6 is 0 Å². The summed E-state index contributed by atoms with van der Waals surface area (Å²) in [5.74, 6) is -5.40. The number of hydrogen-bond acceptors (Lipinski definition) is 3. The fourth-order valence-corrected chi connectivity index (χ4v) is 3.20. The Morgan fingerprint density at radius 1 is 1.19 bits per heavy atom. The Bertz CT molecular complexity index is 970. The molecular formula is C17H16F3N3O4. The molecule has 1 fully saturated rings. The van der Waals surface area contributed by atoms with E-state index in [4.69, 9.17) is 5.11 Å². The first-order valence-electron chi connectivity index (χ1n) is 8.03. The molecule has 2 N–H and O–H groups in total. The van der Waals surface area contributed by atoms with E-state index in [-0.39, 0.29) is 11.2 Å². The van der Waals surface area contributed by atoms with Gasteiger partial charge in [-0.15, -0.1) is 0 Å². The lowest BCUT2D eigenvalue weighted by Crippen LogP contribution is -2.35. The van der Waals surface area contributed by atoms with E-state index in [2.05, 4.69) is 5.32 Å². The van der Waals surface area contributed by atoms with E-state index in [0.717, 1.165) is 10.3 Å². The van der Waals surface area contributed by atoms with Gasteiger partial charge in [0.1, 0.15) is 0 Å². The highest BCUT2D eigenvalue weighted by Crippen LogP contribution is 2.37. The third-order valence-electron chi connectivity index (χ3n) is 4.72. The van der Waals surface area contributed by atoms with Crippen molar-refractivity contribution in [1.29, 1.82) is 0 Å². The average Bonchev–Trinajstić information content (AvgIpc) is 3.05. The maximum Gasteiger partial charge on any atom is 0.394 e. The van der Waals surface area contributed by atoms with Crippen molar-refractivity contribution in [2.24, 2.45) is 18.9 Å². The summed E-state index contributed by atoms with van der Waals surface area (Å²) in [5.41, 5.74) is 0.581. The molecule has 0 aliphatic carbocycles. The topological polar surface area (TPSA) is 91.6 Å². The van der Waals surface area contributed by atoms with Gasteiger partial charge in [0.25, 0.3) is 5.56 Å². The summed E-state index contributed by atoms with van der Waals surface area (Å²) in [6.07, 6.45) is -4.71. The zero-order valence-corrected chi connectivity index (χ0v) is 14.2. The van der Waals surface area contributed by atoms with Gasteiger partial charge in [0, 0.05) is 31.9 Å². The summed E-state index contributed by atoms with van der Waals surface area (Å²) >= 11 is 0. The van der Waals surface area contributed by atoms with Gasteiger partial charge in [0.15, 0.2) is 0 Å². The number of carboxylic acids is 1. The molecule has 3 rings (SSSR count). The van der Waals surface area contributed by atoms with Gasteiger partial charge in [-0.3, -0.25) is 9.59 Å². The Balaban J connectivity index is 1.81. The van der Waals surface area contributed by atoms with E-state index in [1.54, 1.807) is 25.2 Å². The quantitative estimate of drug-likeness (QED) is 0.832. The fraction of sp³-hybridized carbons (Fsp3) is 0.353. The van der Waals surface area contributed by atoms with Gasteiger partial charge >= 0.3 is 18.2 Å². The maximum atomic E-state index is 13.0. The smallest absolute Gasteiger partial charge is 0.394 e. The summed E-state index contributed by atoms with van der Waals surface area (Å²) in [6, 6.07) is 6.93. The molecular weight excluding hydrogens is 367 g/mol. The number of anilines is 1. The Labute approximate surface area is 151 Å². The Morgan fingerprint density at radius 3 is 2.44 bits per heavy atom.